The van der Waals surface area contributed by atoms with Crippen LogP contribution in [-0.4, -0.2) is 28.8 Å². The van der Waals surface area contributed by atoms with E-state index in [1.165, 1.54) is 4.68 Å². The largest absolute Gasteiger partial charge is 0.435 e. The van der Waals surface area contributed by atoms with Gasteiger partial charge < -0.3 is 10.1 Å². The molecule has 1 N–H and O–H groups in total. The first-order chi connectivity index (χ1) is 9.93. The number of hydrogen-bond acceptors (Lipinski definition) is 3. The number of carbonyl (C=O) groups excluding carboxylic acids is 1. The third-order valence-electron chi connectivity index (χ3n) is 3.29. The third kappa shape index (κ3) is 3.75. The molecule has 0 aromatic carbocycles. The van der Waals surface area contributed by atoms with Crippen molar-refractivity contribution in [2.75, 3.05) is 13.2 Å². The molecule has 1 aliphatic rings. The Morgan fingerprint density at radius 1 is 1.48 bits per heavy atom. The molecule has 0 atom stereocenters. The lowest BCUT2D eigenvalue weighted by atomic mass is 10.1. The maximum Gasteiger partial charge on any atom is 0.435 e. The number of carbonyl (C=O) groups is 1. The van der Waals surface area contributed by atoms with Crippen LogP contribution in [0.25, 0.3) is 0 Å². The van der Waals surface area contributed by atoms with Crippen molar-refractivity contribution < 1.29 is 22.7 Å². The minimum Gasteiger partial charge on any atom is -0.376 e. The van der Waals surface area contributed by atoms with Crippen molar-refractivity contribution in [2.24, 2.45) is 0 Å². The molecule has 0 spiro atoms. The van der Waals surface area contributed by atoms with Crippen molar-refractivity contribution in [2.45, 2.75) is 45.5 Å². The summed E-state index contributed by atoms with van der Waals surface area (Å²) in [7, 11) is 0. The number of amides is 1. The highest BCUT2D eigenvalue weighted by Crippen LogP contribution is 2.34. The predicted molar refractivity (Wildman–Crippen MR) is 68.5 cm³/mol. The van der Waals surface area contributed by atoms with Crippen LogP contribution in [0.3, 0.4) is 0 Å². The number of halogens is 3. The van der Waals surface area contributed by atoms with Gasteiger partial charge in [-0.1, -0.05) is 6.92 Å². The number of alkyl halides is 3. The Morgan fingerprint density at radius 3 is 2.90 bits per heavy atom. The second-order valence-electron chi connectivity index (χ2n) is 4.90. The zero-order valence-corrected chi connectivity index (χ0v) is 11.8. The van der Waals surface area contributed by atoms with Crippen LogP contribution in [0, 0.1) is 0 Å². The van der Waals surface area contributed by atoms with Gasteiger partial charge in [-0.15, -0.1) is 0 Å². The van der Waals surface area contributed by atoms with Gasteiger partial charge in [0.2, 0.25) is 5.91 Å². The van der Waals surface area contributed by atoms with Gasteiger partial charge in [0.15, 0.2) is 5.69 Å². The van der Waals surface area contributed by atoms with Gasteiger partial charge in [-0.3, -0.25) is 9.48 Å². The molecule has 0 saturated carbocycles. The smallest absolute Gasteiger partial charge is 0.376 e. The molecule has 0 radical (unpaired) electrons. The van der Waals surface area contributed by atoms with Crippen LogP contribution in [0.5, 0.6) is 0 Å². The van der Waals surface area contributed by atoms with Crippen LogP contribution < -0.4 is 5.32 Å². The van der Waals surface area contributed by atoms with Crippen molar-refractivity contribution in [3.05, 3.63) is 17.0 Å². The number of rotatable bonds is 5. The summed E-state index contributed by atoms with van der Waals surface area (Å²) in [6.07, 6.45) is -2.93. The van der Waals surface area contributed by atoms with Crippen LogP contribution >= 0.6 is 0 Å². The summed E-state index contributed by atoms with van der Waals surface area (Å²) in [5.74, 6) is -0.0992. The van der Waals surface area contributed by atoms with E-state index in [0.29, 0.717) is 25.1 Å². The second-order valence-corrected chi connectivity index (χ2v) is 4.90. The Kier molecular flexibility index (Phi) is 4.87. The maximum absolute atomic E-state index is 12.9. The number of nitrogens with one attached hydrogen (secondary N) is 1. The standard InChI is InChI=1S/C13H18F3N3O2/c1-2-3-11(20)17-5-6-19-10-4-7-21-8-9(10)12(18-19)13(14,15)16/h2-8H2,1H3,(H,17,20). The first-order valence-corrected chi connectivity index (χ1v) is 6.93. The molecule has 1 aromatic rings. The van der Waals surface area contributed by atoms with Gasteiger partial charge in [0.25, 0.3) is 0 Å². The number of nitrogens with zero attached hydrogens (tertiary/aromatic N) is 2. The molecule has 0 fully saturated rings. The molecule has 118 valence electrons. The summed E-state index contributed by atoms with van der Waals surface area (Å²) in [6.45, 7) is 2.71. The fraction of sp³-hybridized carbons (Fsp3) is 0.692. The fourth-order valence-corrected chi connectivity index (χ4v) is 2.34. The van der Waals surface area contributed by atoms with E-state index in [4.69, 9.17) is 4.74 Å². The molecular weight excluding hydrogens is 287 g/mol. The third-order valence-corrected chi connectivity index (χ3v) is 3.29. The van der Waals surface area contributed by atoms with Crippen LogP contribution in [0.2, 0.25) is 0 Å². The van der Waals surface area contributed by atoms with E-state index in [-0.39, 0.29) is 31.2 Å². The molecule has 0 aliphatic carbocycles. The van der Waals surface area contributed by atoms with Crippen LogP contribution in [0.1, 0.15) is 36.7 Å². The van der Waals surface area contributed by atoms with Gasteiger partial charge in [0, 0.05) is 30.6 Å². The van der Waals surface area contributed by atoms with Crippen molar-refractivity contribution in [3.8, 4) is 0 Å². The molecule has 2 rings (SSSR count). The van der Waals surface area contributed by atoms with E-state index in [1.807, 2.05) is 6.92 Å². The molecule has 5 nitrogen and oxygen atoms in total. The second kappa shape index (κ2) is 6.46. The van der Waals surface area contributed by atoms with Gasteiger partial charge in [0.05, 0.1) is 19.8 Å². The Labute approximate surface area is 120 Å². The van der Waals surface area contributed by atoms with Crippen molar-refractivity contribution in [1.82, 2.24) is 15.1 Å². The van der Waals surface area contributed by atoms with Crippen LogP contribution in [-0.2, 0) is 35.3 Å². The van der Waals surface area contributed by atoms with Gasteiger partial charge in [-0.2, -0.15) is 18.3 Å². The van der Waals surface area contributed by atoms with Gasteiger partial charge >= 0.3 is 6.18 Å². The first-order valence-electron chi connectivity index (χ1n) is 6.93. The maximum atomic E-state index is 12.9. The summed E-state index contributed by atoms with van der Waals surface area (Å²) < 4.78 is 45.3. The highest BCUT2D eigenvalue weighted by Gasteiger charge is 2.39. The topological polar surface area (TPSA) is 56.2 Å². The normalized spacial score (nSPS) is 14.9. The van der Waals surface area contributed by atoms with E-state index in [2.05, 4.69) is 10.4 Å². The number of hydrogen-bond donors (Lipinski definition) is 1. The Bertz CT molecular complexity index is 511. The lowest BCUT2D eigenvalue weighted by Crippen LogP contribution is -2.28. The molecule has 8 heteroatoms. The summed E-state index contributed by atoms with van der Waals surface area (Å²) in [5, 5.41) is 6.34. The molecular formula is C13H18F3N3O2. The molecule has 0 saturated heterocycles. The van der Waals surface area contributed by atoms with E-state index in [1.54, 1.807) is 0 Å². The molecule has 1 aromatic heterocycles. The zero-order valence-electron chi connectivity index (χ0n) is 11.8. The summed E-state index contributed by atoms with van der Waals surface area (Å²) in [6, 6.07) is 0. The van der Waals surface area contributed by atoms with Crippen molar-refractivity contribution in [3.63, 3.8) is 0 Å². The summed E-state index contributed by atoms with van der Waals surface area (Å²) in [5.41, 5.74) is -0.205. The van der Waals surface area contributed by atoms with E-state index < -0.39 is 11.9 Å². The molecule has 21 heavy (non-hydrogen) atoms. The molecule has 0 unspecified atom stereocenters. The van der Waals surface area contributed by atoms with Crippen molar-refractivity contribution >= 4 is 5.91 Å². The fourth-order valence-electron chi connectivity index (χ4n) is 2.34. The minimum atomic E-state index is -4.48. The van der Waals surface area contributed by atoms with Crippen LogP contribution in [0.4, 0.5) is 13.2 Å². The van der Waals surface area contributed by atoms with Crippen molar-refractivity contribution in [1.29, 1.82) is 0 Å². The number of ether oxygens (including phenoxy) is 1. The average molecular weight is 305 g/mol. The lowest BCUT2D eigenvalue weighted by Gasteiger charge is -2.15. The number of fused-ring (bicyclic) bond motifs is 1. The van der Waals surface area contributed by atoms with Gasteiger partial charge in [-0.25, -0.2) is 0 Å². The summed E-state index contributed by atoms with van der Waals surface area (Å²) in [4.78, 5) is 11.3. The van der Waals surface area contributed by atoms with Crippen LogP contribution in [0.15, 0.2) is 0 Å². The van der Waals surface area contributed by atoms with E-state index >= 15 is 0 Å². The van der Waals surface area contributed by atoms with Gasteiger partial charge in [-0.05, 0) is 6.42 Å². The Morgan fingerprint density at radius 2 is 2.24 bits per heavy atom. The minimum absolute atomic E-state index is 0.0631. The predicted octanol–water partition coefficient (Wildman–Crippen LogP) is 1.89. The lowest BCUT2D eigenvalue weighted by molar-refractivity contribution is -0.142. The van der Waals surface area contributed by atoms with E-state index in [0.717, 1.165) is 6.42 Å². The Hall–Kier alpha value is -1.57. The highest BCUT2D eigenvalue weighted by atomic mass is 19.4. The molecule has 2 heterocycles. The molecule has 1 amide bonds. The summed E-state index contributed by atoms with van der Waals surface area (Å²) >= 11 is 0. The number of aromatic nitrogens is 2. The van der Waals surface area contributed by atoms with Gasteiger partial charge in [0.1, 0.15) is 0 Å². The monoisotopic (exact) mass is 305 g/mol. The Balaban J connectivity index is 2.09. The SMILES string of the molecule is CCCC(=O)NCCn1nc(C(F)(F)F)c2c1CCOC2. The highest BCUT2D eigenvalue weighted by molar-refractivity contribution is 5.75. The first kappa shape index (κ1) is 15.8. The average Bonchev–Trinajstić information content (AvgIpc) is 2.78. The quantitative estimate of drug-likeness (QED) is 0.904. The molecule has 1 aliphatic heterocycles. The molecule has 0 bridgehead atoms. The zero-order chi connectivity index (χ0) is 15.5. The van der Waals surface area contributed by atoms with E-state index in [9.17, 15) is 18.0 Å².